The fourth-order valence-electron chi connectivity index (χ4n) is 2.33. The average molecular weight is 258 g/mol. The van der Waals surface area contributed by atoms with Crippen molar-refractivity contribution < 1.29 is 0 Å². The van der Waals surface area contributed by atoms with Crippen LogP contribution in [0.3, 0.4) is 0 Å². The van der Waals surface area contributed by atoms with Crippen molar-refractivity contribution >= 4 is 0 Å². The number of hydrogen-bond acceptors (Lipinski definition) is 4. The first-order valence-electron chi connectivity index (χ1n) is 6.23. The number of hydrogen-bond donors (Lipinski definition) is 2. The molecule has 0 amide bonds. The second-order valence-electron chi connectivity index (χ2n) is 5.08. The van der Waals surface area contributed by atoms with Crippen LogP contribution in [0.25, 0.3) is 11.3 Å². The predicted molar refractivity (Wildman–Crippen MR) is 70.0 cm³/mol. The second-order valence-corrected chi connectivity index (χ2v) is 5.08. The van der Waals surface area contributed by atoms with Crippen LogP contribution in [0.15, 0.2) is 21.9 Å². The summed E-state index contributed by atoms with van der Waals surface area (Å²) in [6, 6.07) is 1.90. The number of aryl methyl sites for hydroxylation is 1. The summed E-state index contributed by atoms with van der Waals surface area (Å²) in [6.07, 6.45) is 2.52. The first-order valence-corrected chi connectivity index (χ1v) is 6.23. The van der Waals surface area contributed by atoms with E-state index in [1.54, 1.807) is 0 Å². The Morgan fingerprint density at radius 1 is 1.32 bits per heavy atom. The van der Waals surface area contributed by atoms with Crippen LogP contribution in [0.5, 0.6) is 0 Å². The molecular weight excluding hydrogens is 244 g/mol. The highest BCUT2D eigenvalue weighted by Crippen LogP contribution is 2.47. The third-order valence-electron chi connectivity index (χ3n) is 3.62. The van der Waals surface area contributed by atoms with Crippen molar-refractivity contribution in [2.45, 2.75) is 26.2 Å². The van der Waals surface area contributed by atoms with Crippen LogP contribution in [0.4, 0.5) is 0 Å². The zero-order valence-corrected chi connectivity index (χ0v) is 10.7. The van der Waals surface area contributed by atoms with Gasteiger partial charge in [-0.05, 0) is 36.8 Å². The van der Waals surface area contributed by atoms with Gasteiger partial charge in [-0.25, -0.2) is 4.79 Å². The van der Waals surface area contributed by atoms with Crippen molar-refractivity contribution in [1.29, 1.82) is 0 Å². The van der Waals surface area contributed by atoms with Crippen LogP contribution < -0.4 is 11.2 Å². The SMILES string of the molecule is Cc1nnc(-c2c[nH]c(=O)[nH]c2=O)cc1[C@H]1C[C@@H]1C. The summed E-state index contributed by atoms with van der Waals surface area (Å²) >= 11 is 0. The zero-order chi connectivity index (χ0) is 13.6. The molecule has 2 aromatic rings. The van der Waals surface area contributed by atoms with Crippen molar-refractivity contribution in [3.8, 4) is 11.3 Å². The standard InChI is InChI=1S/C13H14N4O2/c1-6-3-8(6)9-4-11(17-16-7(9)2)10-5-14-13(19)15-12(10)18/h4-6,8H,3H2,1-2H3,(H2,14,15,18,19)/t6-,8-/m0/s1. The number of aromatic nitrogens is 4. The van der Waals surface area contributed by atoms with Gasteiger partial charge in [0.15, 0.2) is 0 Å². The molecule has 6 heteroatoms. The molecule has 0 aliphatic heterocycles. The average Bonchev–Trinajstić information content (AvgIpc) is 3.07. The minimum Gasteiger partial charge on any atom is -0.313 e. The molecule has 98 valence electrons. The molecule has 2 N–H and O–H groups in total. The largest absolute Gasteiger partial charge is 0.325 e. The first kappa shape index (κ1) is 11.8. The molecule has 2 atom stereocenters. The van der Waals surface area contributed by atoms with E-state index in [2.05, 4.69) is 27.1 Å². The number of nitrogens with zero attached hydrogens (tertiary/aromatic N) is 2. The molecular formula is C13H14N4O2. The number of H-pyrrole nitrogens is 2. The Bertz CT molecular complexity index is 747. The van der Waals surface area contributed by atoms with Gasteiger partial charge in [0.05, 0.1) is 11.3 Å². The molecule has 1 saturated carbocycles. The normalized spacial score (nSPS) is 21.4. The molecule has 1 aliphatic rings. The van der Waals surface area contributed by atoms with Crippen molar-refractivity contribution in [2.75, 3.05) is 0 Å². The molecule has 0 saturated heterocycles. The molecule has 0 unspecified atom stereocenters. The molecule has 1 aliphatic carbocycles. The van der Waals surface area contributed by atoms with Crippen molar-refractivity contribution in [3.63, 3.8) is 0 Å². The fraction of sp³-hybridized carbons (Fsp3) is 0.385. The quantitative estimate of drug-likeness (QED) is 0.839. The molecule has 2 aromatic heterocycles. The Balaban J connectivity index is 2.11. The molecule has 0 aromatic carbocycles. The lowest BCUT2D eigenvalue weighted by Gasteiger charge is -2.05. The Morgan fingerprint density at radius 3 is 2.68 bits per heavy atom. The van der Waals surface area contributed by atoms with Gasteiger partial charge in [-0.1, -0.05) is 6.92 Å². The van der Waals surface area contributed by atoms with Crippen molar-refractivity contribution in [2.24, 2.45) is 5.92 Å². The number of rotatable bonds is 2. The second kappa shape index (κ2) is 4.15. The van der Waals surface area contributed by atoms with Crippen molar-refractivity contribution in [1.82, 2.24) is 20.2 Å². The van der Waals surface area contributed by atoms with E-state index in [1.165, 1.54) is 6.20 Å². The number of nitrogens with one attached hydrogen (secondary N) is 2. The topological polar surface area (TPSA) is 91.5 Å². The highest BCUT2D eigenvalue weighted by atomic mass is 16.2. The third kappa shape index (κ3) is 2.09. The Morgan fingerprint density at radius 2 is 2.05 bits per heavy atom. The van der Waals surface area contributed by atoms with E-state index in [1.807, 2.05) is 13.0 Å². The van der Waals surface area contributed by atoms with E-state index in [0.29, 0.717) is 23.1 Å². The lowest BCUT2D eigenvalue weighted by molar-refractivity contribution is 0.871. The van der Waals surface area contributed by atoms with Crippen LogP contribution in [-0.4, -0.2) is 20.2 Å². The Labute approximate surface area is 108 Å². The van der Waals surface area contributed by atoms with E-state index in [9.17, 15) is 9.59 Å². The maximum absolute atomic E-state index is 11.7. The smallest absolute Gasteiger partial charge is 0.313 e. The lowest BCUT2D eigenvalue weighted by Crippen LogP contribution is -2.23. The van der Waals surface area contributed by atoms with Crippen LogP contribution >= 0.6 is 0 Å². The summed E-state index contributed by atoms with van der Waals surface area (Å²) in [4.78, 5) is 27.4. The molecule has 0 radical (unpaired) electrons. The van der Waals surface area contributed by atoms with Crippen LogP contribution in [0, 0.1) is 12.8 Å². The first-order chi connectivity index (χ1) is 9.06. The van der Waals surface area contributed by atoms with Crippen LogP contribution in [-0.2, 0) is 0 Å². The summed E-state index contributed by atoms with van der Waals surface area (Å²) in [5.74, 6) is 1.17. The van der Waals surface area contributed by atoms with Gasteiger partial charge in [0.2, 0.25) is 0 Å². The molecule has 3 rings (SSSR count). The minimum atomic E-state index is -0.523. The van der Waals surface area contributed by atoms with E-state index in [-0.39, 0.29) is 0 Å². The van der Waals surface area contributed by atoms with E-state index in [0.717, 1.165) is 17.7 Å². The summed E-state index contributed by atoms with van der Waals surface area (Å²) in [5, 5.41) is 8.16. The van der Waals surface area contributed by atoms with Gasteiger partial charge in [-0.15, -0.1) is 5.10 Å². The highest BCUT2D eigenvalue weighted by molar-refractivity contribution is 5.57. The Hall–Kier alpha value is -2.24. The van der Waals surface area contributed by atoms with Gasteiger partial charge >= 0.3 is 5.69 Å². The van der Waals surface area contributed by atoms with Crippen LogP contribution in [0.1, 0.15) is 30.5 Å². The molecule has 6 nitrogen and oxygen atoms in total. The van der Waals surface area contributed by atoms with E-state index >= 15 is 0 Å². The zero-order valence-electron chi connectivity index (χ0n) is 10.7. The van der Waals surface area contributed by atoms with Crippen molar-refractivity contribution in [3.05, 3.63) is 44.4 Å². The fourth-order valence-corrected chi connectivity index (χ4v) is 2.33. The molecule has 0 spiro atoms. The lowest BCUT2D eigenvalue weighted by atomic mass is 10.1. The summed E-state index contributed by atoms with van der Waals surface area (Å²) in [6.45, 7) is 4.12. The van der Waals surface area contributed by atoms with Gasteiger partial charge in [-0.2, -0.15) is 5.10 Å². The Kier molecular flexibility index (Phi) is 2.58. The maximum atomic E-state index is 11.7. The van der Waals surface area contributed by atoms with Gasteiger partial charge in [-0.3, -0.25) is 9.78 Å². The van der Waals surface area contributed by atoms with E-state index in [4.69, 9.17) is 0 Å². The predicted octanol–water partition coefficient (Wildman–Crippen LogP) is 0.952. The van der Waals surface area contributed by atoms with E-state index < -0.39 is 11.2 Å². The van der Waals surface area contributed by atoms with Gasteiger partial charge in [0.1, 0.15) is 5.69 Å². The van der Waals surface area contributed by atoms with Gasteiger partial charge in [0.25, 0.3) is 5.56 Å². The van der Waals surface area contributed by atoms with Crippen LogP contribution in [0.2, 0.25) is 0 Å². The maximum Gasteiger partial charge on any atom is 0.325 e. The minimum absolute atomic E-state index is 0.335. The monoisotopic (exact) mass is 258 g/mol. The van der Waals surface area contributed by atoms with Gasteiger partial charge in [0, 0.05) is 6.20 Å². The molecule has 1 fully saturated rings. The summed E-state index contributed by atoms with van der Waals surface area (Å²) in [7, 11) is 0. The number of aromatic amines is 2. The molecule has 0 bridgehead atoms. The third-order valence-corrected chi connectivity index (χ3v) is 3.62. The highest BCUT2D eigenvalue weighted by Gasteiger charge is 2.35. The van der Waals surface area contributed by atoms with Gasteiger partial charge < -0.3 is 4.98 Å². The molecule has 19 heavy (non-hydrogen) atoms. The summed E-state index contributed by atoms with van der Waals surface area (Å²) in [5.41, 5.74) is 1.91. The summed E-state index contributed by atoms with van der Waals surface area (Å²) < 4.78 is 0. The molecule has 2 heterocycles.